The van der Waals surface area contributed by atoms with Crippen molar-refractivity contribution in [2.45, 2.75) is 0 Å². The number of benzene rings is 1. The van der Waals surface area contributed by atoms with E-state index in [1.807, 2.05) is 30.3 Å². The van der Waals surface area contributed by atoms with Crippen LogP contribution < -0.4 is 11.5 Å². The molecule has 0 saturated heterocycles. The third kappa shape index (κ3) is 2.04. The fraction of sp³-hybridized carbons (Fsp3) is 0. The predicted octanol–water partition coefficient (Wildman–Crippen LogP) is 2.51. The number of nitrogens with zero attached hydrogens (tertiary/aromatic N) is 3. The Balaban J connectivity index is 2.42. The van der Waals surface area contributed by atoms with Crippen molar-refractivity contribution in [1.82, 2.24) is 15.0 Å². The molecule has 1 aromatic carbocycles. The number of aromatic nitrogens is 3. The summed E-state index contributed by atoms with van der Waals surface area (Å²) in [5, 5.41) is 0.994. The maximum Gasteiger partial charge on any atom is 0.224 e. The van der Waals surface area contributed by atoms with E-state index in [0.717, 1.165) is 11.1 Å². The molecule has 0 radical (unpaired) electrons. The van der Waals surface area contributed by atoms with E-state index in [1.165, 1.54) is 0 Å². The van der Waals surface area contributed by atoms with Gasteiger partial charge in [0.15, 0.2) is 5.65 Å². The second-order valence-electron chi connectivity index (χ2n) is 4.02. The topological polar surface area (TPSA) is 90.7 Å². The highest BCUT2D eigenvalue weighted by molar-refractivity contribution is 6.30. The summed E-state index contributed by atoms with van der Waals surface area (Å²) >= 11 is 6.03. The van der Waals surface area contributed by atoms with Gasteiger partial charge in [-0.05, 0) is 17.2 Å². The van der Waals surface area contributed by atoms with Crippen molar-refractivity contribution in [2.75, 3.05) is 11.5 Å². The fourth-order valence-electron chi connectivity index (χ4n) is 1.99. The van der Waals surface area contributed by atoms with Gasteiger partial charge in [0.1, 0.15) is 11.0 Å². The number of hydrogen-bond acceptors (Lipinski definition) is 5. The van der Waals surface area contributed by atoms with E-state index in [4.69, 9.17) is 23.1 Å². The van der Waals surface area contributed by atoms with Crippen LogP contribution in [0.4, 0.5) is 11.8 Å². The van der Waals surface area contributed by atoms with Gasteiger partial charge in [-0.2, -0.15) is 9.97 Å². The van der Waals surface area contributed by atoms with Crippen LogP contribution in [0.15, 0.2) is 36.4 Å². The summed E-state index contributed by atoms with van der Waals surface area (Å²) in [7, 11) is 0. The molecule has 5 nitrogen and oxygen atoms in total. The van der Waals surface area contributed by atoms with Crippen LogP contribution in [0.1, 0.15) is 0 Å². The first-order chi connectivity index (χ1) is 9.15. The summed E-state index contributed by atoms with van der Waals surface area (Å²) in [4.78, 5) is 12.2. The zero-order valence-electron chi connectivity index (χ0n) is 9.84. The van der Waals surface area contributed by atoms with Crippen molar-refractivity contribution >= 4 is 34.4 Å². The minimum Gasteiger partial charge on any atom is -0.383 e. The zero-order chi connectivity index (χ0) is 13.4. The first kappa shape index (κ1) is 11.7. The number of pyridine rings is 1. The fourth-order valence-corrected chi connectivity index (χ4v) is 2.18. The van der Waals surface area contributed by atoms with E-state index in [0.29, 0.717) is 22.0 Å². The molecule has 0 saturated carbocycles. The largest absolute Gasteiger partial charge is 0.383 e. The molecule has 0 aliphatic carbocycles. The molecule has 94 valence electrons. The lowest BCUT2D eigenvalue weighted by atomic mass is 10.0. The lowest BCUT2D eigenvalue weighted by molar-refractivity contribution is 1.20. The molecule has 0 bridgehead atoms. The Morgan fingerprint density at radius 2 is 1.68 bits per heavy atom. The summed E-state index contributed by atoms with van der Waals surface area (Å²) < 4.78 is 0. The molecule has 0 atom stereocenters. The average molecular weight is 272 g/mol. The first-order valence-electron chi connectivity index (χ1n) is 5.60. The monoisotopic (exact) mass is 271 g/mol. The Labute approximate surface area is 114 Å². The number of nitrogen functional groups attached to an aromatic ring is 2. The highest BCUT2D eigenvalue weighted by Crippen LogP contribution is 2.32. The van der Waals surface area contributed by atoms with Gasteiger partial charge in [-0.25, -0.2) is 4.98 Å². The number of hydrogen-bond donors (Lipinski definition) is 2. The molecule has 0 fully saturated rings. The SMILES string of the molecule is Nc1nc(N)c2c(-c3ccccc3)cc(Cl)nc2n1. The van der Waals surface area contributed by atoms with E-state index >= 15 is 0 Å². The minimum absolute atomic E-state index is 0.0822. The van der Waals surface area contributed by atoms with Gasteiger partial charge in [-0.3, -0.25) is 0 Å². The summed E-state index contributed by atoms with van der Waals surface area (Å²) in [6.07, 6.45) is 0. The van der Waals surface area contributed by atoms with Gasteiger partial charge >= 0.3 is 0 Å². The molecule has 3 aromatic rings. The molecule has 6 heteroatoms. The summed E-state index contributed by atoms with van der Waals surface area (Å²) in [5.41, 5.74) is 13.7. The molecule has 2 heterocycles. The van der Waals surface area contributed by atoms with Gasteiger partial charge in [0.05, 0.1) is 5.39 Å². The molecule has 19 heavy (non-hydrogen) atoms. The molecular formula is C13H10ClN5. The lowest BCUT2D eigenvalue weighted by Gasteiger charge is -2.09. The van der Waals surface area contributed by atoms with Crippen LogP contribution in [0.3, 0.4) is 0 Å². The highest BCUT2D eigenvalue weighted by Gasteiger charge is 2.12. The number of halogens is 1. The van der Waals surface area contributed by atoms with E-state index in [9.17, 15) is 0 Å². The normalized spacial score (nSPS) is 10.8. The Morgan fingerprint density at radius 1 is 0.947 bits per heavy atom. The Kier molecular flexibility index (Phi) is 2.68. The Morgan fingerprint density at radius 3 is 2.42 bits per heavy atom. The average Bonchev–Trinajstić information content (AvgIpc) is 2.38. The molecule has 0 aliphatic rings. The second kappa shape index (κ2) is 4.37. The highest BCUT2D eigenvalue weighted by atomic mass is 35.5. The third-order valence-electron chi connectivity index (χ3n) is 2.77. The molecule has 2 aromatic heterocycles. The first-order valence-corrected chi connectivity index (χ1v) is 5.97. The number of anilines is 2. The van der Waals surface area contributed by atoms with Gasteiger partial charge in [-0.1, -0.05) is 41.9 Å². The van der Waals surface area contributed by atoms with E-state index in [2.05, 4.69) is 15.0 Å². The molecule has 3 rings (SSSR count). The lowest BCUT2D eigenvalue weighted by Crippen LogP contribution is -2.02. The van der Waals surface area contributed by atoms with Crippen LogP contribution in [0.5, 0.6) is 0 Å². The smallest absolute Gasteiger partial charge is 0.224 e. The van der Waals surface area contributed by atoms with Gasteiger partial charge in [0, 0.05) is 0 Å². The van der Waals surface area contributed by atoms with Crippen LogP contribution in [-0.4, -0.2) is 15.0 Å². The quantitative estimate of drug-likeness (QED) is 0.664. The third-order valence-corrected chi connectivity index (χ3v) is 2.96. The van der Waals surface area contributed by atoms with Crippen LogP contribution in [0.25, 0.3) is 22.2 Å². The van der Waals surface area contributed by atoms with Gasteiger partial charge in [0.2, 0.25) is 5.95 Å². The molecular weight excluding hydrogens is 262 g/mol. The number of rotatable bonds is 1. The van der Waals surface area contributed by atoms with Crippen molar-refractivity contribution < 1.29 is 0 Å². The van der Waals surface area contributed by atoms with Crippen molar-refractivity contribution in [1.29, 1.82) is 0 Å². The van der Waals surface area contributed by atoms with Crippen LogP contribution in [0.2, 0.25) is 5.15 Å². The predicted molar refractivity (Wildman–Crippen MR) is 76.6 cm³/mol. The van der Waals surface area contributed by atoms with Crippen molar-refractivity contribution in [3.05, 3.63) is 41.6 Å². The van der Waals surface area contributed by atoms with Gasteiger partial charge < -0.3 is 11.5 Å². The van der Waals surface area contributed by atoms with Gasteiger partial charge in [0.25, 0.3) is 0 Å². The summed E-state index contributed by atoms with van der Waals surface area (Å²) in [6.45, 7) is 0. The second-order valence-corrected chi connectivity index (χ2v) is 4.41. The minimum atomic E-state index is 0.0822. The summed E-state index contributed by atoms with van der Waals surface area (Å²) in [5.74, 6) is 0.379. The van der Waals surface area contributed by atoms with Gasteiger partial charge in [-0.15, -0.1) is 0 Å². The molecule has 4 N–H and O–H groups in total. The summed E-state index contributed by atoms with van der Waals surface area (Å²) in [6, 6.07) is 11.5. The molecule has 0 unspecified atom stereocenters. The zero-order valence-corrected chi connectivity index (χ0v) is 10.6. The standard InChI is InChI=1S/C13H10ClN5/c14-9-6-8(7-4-2-1-3-5-7)10-11(15)18-13(16)19-12(10)17-9/h1-6H,(H4,15,16,17,18,19). The van der Waals surface area contributed by atoms with E-state index < -0.39 is 0 Å². The molecule has 0 aliphatic heterocycles. The van der Waals surface area contributed by atoms with Crippen molar-refractivity contribution in [3.8, 4) is 11.1 Å². The van der Waals surface area contributed by atoms with Crippen molar-refractivity contribution in [3.63, 3.8) is 0 Å². The van der Waals surface area contributed by atoms with Crippen LogP contribution >= 0.6 is 11.6 Å². The molecule has 0 spiro atoms. The van der Waals surface area contributed by atoms with E-state index in [1.54, 1.807) is 6.07 Å². The molecule has 0 amide bonds. The Bertz CT molecular complexity index is 753. The van der Waals surface area contributed by atoms with E-state index in [-0.39, 0.29) is 5.95 Å². The Hall–Kier alpha value is -2.40. The number of fused-ring (bicyclic) bond motifs is 1. The maximum absolute atomic E-state index is 6.03. The van der Waals surface area contributed by atoms with Crippen LogP contribution in [0, 0.1) is 0 Å². The van der Waals surface area contributed by atoms with Crippen LogP contribution in [-0.2, 0) is 0 Å². The maximum atomic E-state index is 6.03. The van der Waals surface area contributed by atoms with Crippen molar-refractivity contribution in [2.24, 2.45) is 0 Å². The number of nitrogens with two attached hydrogens (primary N) is 2.